The summed E-state index contributed by atoms with van der Waals surface area (Å²) >= 11 is 3.03. The Bertz CT molecular complexity index is 422. The third kappa shape index (κ3) is 2.20. The molecule has 0 spiro atoms. The smallest absolute Gasteiger partial charge is 0.522 e. The second kappa shape index (κ2) is 3.96. The number of alkyl halides is 3. The van der Waals surface area contributed by atoms with Crippen molar-refractivity contribution in [3.8, 4) is 5.75 Å². The minimum absolute atomic E-state index is 0.255. The van der Waals surface area contributed by atoms with Crippen LogP contribution >= 0.6 is 15.9 Å². The van der Waals surface area contributed by atoms with Crippen LogP contribution in [0, 0.1) is 0 Å². The molecule has 1 N–H and O–H groups in total. The van der Waals surface area contributed by atoms with Crippen molar-refractivity contribution in [2.24, 2.45) is 0 Å². The highest BCUT2D eigenvalue weighted by molar-refractivity contribution is 9.10. The molecular formula is C9H7BBrF3O2. The molecule has 0 aromatic heterocycles. The van der Waals surface area contributed by atoms with Crippen LogP contribution in [0.3, 0.4) is 0 Å². The number of halogens is 4. The molecule has 1 aromatic carbocycles. The minimum Gasteiger partial charge on any atom is -0.535 e. The lowest BCUT2D eigenvalue weighted by molar-refractivity contribution is -0.138. The van der Waals surface area contributed by atoms with Crippen molar-refractivity contribution in [1.82, 2.24) is 0 Å². The summed E-state index contributed by atoms with van der Waals surface area (Å²) in [7, 11) is -1.16. The Morgan fingerprint density at radius 2 is 2.06 bits per heavy atom. The molecular weight excluding hydrogens is 288 g/mol. The van der Waals surface area contributed by atoms with E-state index in [4.69, 9.17) is 4.65 Å². The van der Waals surface area contributed by atoms with E-state index < -0.39 is 18.9 Å². The van der Waals surface area contributed by atoms with Gasteiger partial charge in [0, 0.05) is 4.47 Å². The molecule has 0 bridgehead atoms. The Hall–Kier alpha value is -0.685. The maximum absolute atomic E-state index is 12.7. The summed E-state index contributed by atoms with van der Waals surface area (Å²) in [6, 6.07) is 2.54. The number of fused-ring (bicyclic) bond motifs is 1. The Morgan fingerprint density at radius 1 is 1.38 bits per heavy atom. The molecule has 86 valence electrons. The van der Waals surface area contributed by atoms with Gasteiger partial charge >= 0.3 is 13.3 Å². The molecule has 16 heavy (non-hydrogen) atoms. The predicted molar refractivity (Wildman–Crippen MR) is 56.3 cm³/mol. The van der Waals surface area contributed by atoms with E-state index in [0.29, 0.717) is 22.8 Å². The van der Waals surface area contributed by atoms with E-state index in [0.717, 1.165) is 6.07 Å². The first-order valence-corrected chi connectivity index (χ1v) is 5.41. The Kier molecular flexibility index (Phi) is 2.92. The van der Waals surface area contributed by atoms with Gasteiger partial charge in [0.25, 0.3) is 0 Å². The summed E-state index contributed by atoms with van der Waals surface area (Å²) in [5.74, 6) is -0.255. The first-order chi connectivity index (χ1) is 7.38. The van der Waals surface area contributed by atoms with Gasteiger partial charge in [0.2, 0.25) is 0 Å². The van der Waals surface area contributed by atoms with Crippen molar-refractivity contribution >= 4 is 23.0 Å². The van der Waals surface area contributed by atoms with Gasteiger partial charge in [-0.3, -0.25) is 0 Å². The van der Waals surface area contributed by atoms with Gasteiger partial charge in [-0.05, 0) is 30.4 Å². The van der Waals surface area contributed by atoms with Gasteiger partial charge < -0.3 is 9.68 Å². The molecule has 0 unspecified atom stereocenters. The summed E-state index contributed by atoms with van der Waals surface area (Å²) in [5, 5.41) is 9.21. The van der Waals surface area contributed by atoms with E-state index in [1.54, 1.807) is 6.07 Å². The number of hydrogen-bond acceptors (Lipinski definition) is 2. The van der Waals surface area contributed by atoms with Crippen LogP contribution in [0.5, 0.6) is 5.75 Å². The summed E-state index contributed by atoms with van der Waals surface area (Å²) in [6.45, 7) is 0. The third-order valence-corrected chi connectivity index (χ3v) is 2.81. The summed E-state index contributed by atoms with van der Waals surface area (Å²) in [5.41, 5.74) is -0.386. The molecule has 0 saturated carbocycles. The Morgan fingerprint density at radius 3 is 2.69 bits per heavy atom. The van der Waals surface area contributed by atoms with Crippen LogP contribution < -0.4 is 4.65 Å². The lowest BCUT2D eigenvalue weighted by atomic mass is 9.78. The minimum atomic E-state index is -4.48. The SMILES string of the molecule is OB1CCc2cc(Br)cc(C(F)(F)F)c2O1. The number of hydrogen-bond donors (Lipinski definition) is 1. The molecule has 2 rings (SSSR count). The van der Waals surface area contributed by atoms with Gasteiger partial charge in [-0.25, -0.2) is 0 Å². The first kappa shape index (κ1) is 11.8. The maximum Gasteiger partial charge on any atom is 0.522 e. The van der Waals surface area contributed by atoms with Gasteiger partial charge in [-0.2, -0.15) is 13.2 Å². The molecule has 0 saturated heterocycles. The van der Waals surface area contributed by atoms with Crippen LogP contribution in [0.4, 0.5) is 13.2 Å². The normalized spacial score (nSPS) is 15.7. The van der Waals surface area contributed by atoms with Crippen LogP contribution in [0.25, 0.3) is 0 Å². The Balaban J connectivity index is 2.56. The highest BCUT2D eigenvalue weighted by atomic mass is 79.9. The molecule has 1 aliphatic heterocycles. The van der Waals surface area contributed by atoms with E-state index in [1.165, 1.54) is 0 Å². The Labute approximate surface area is 98.7 Å². The fourth-order valence-electron chi connectivity index (χ4n) is 1.66. The van der Waals surface area contributed by atoms with Crippen LogP contribution in [0.2, 0.25) is 6.32 Å². The van der Waals surface area contributed by atoms with Crippen molar-refractivity contribution in [2.45, 2.75) is 18.9 Å². The number of benzene rings is 1. The molecule has 0 radical (unpaired) electrons. The van der Waals surface area contributed by atoms with Crippen LogP contribution in [-0.4, -0.2) is 12.1 Å². The quantitative estimate of drug-likeness (QED) is 0.746. The molecule has 0 aliphatic carbocycles. The lowest BCUT2D eigenvalue weighted by Crippen LogP contribution is -2.28. The molecule has 0 amide bonds. The zero-order chi connectivity index (χ0) is 11.9. The van der Waals surface area contributed by atoms with Crippen molar-refractivity contribution < 1.29 is 22.8 Å². The predicted octanol–water partition coefficient (Wildman–Crippen LogP) is 2.88. The van der Waals surface area contributed by atoms with Crippen molar-refractivity contribution in [3.05, 3.63) is 27.7 Å². The van der Waals surface area contributed by atoms with Gasteiger partial charge in [-0.15, -0.1) is 0 Å². The van der Waals surface area contributed by atoms with Crippen molar-refractivity contribution in [3.63, 3.8) is 0 Å². The van der Waals surface area contributed by atoms with Gasteiger partial charge in [-0.1, -0.05) is 15.9 Å². The van der Waals surface area contributed by atoms with E-state index in [1.807, 2.05) is 0 Å². The van der Waals surface area contributed by atoms with E-state index in [-0.39, 0.29) is 5.75 Å². The van der Waals surface area contributed by atoms with Crippen LogP contribution in [0.15, 0.2) is 16.6 Å². The largest absolute Gasteiger partial charge is 0.535 e. The molecule has 2 nitrogen and oxygen atoms in total. The number of rotatable bonds is 0. The fraction of sp³-hybridized carbons (Fsp3) is 0.333. The van der Waals surface area contributed by atoms with Crippen LogP contribution in [-0.2, 0) is 12.6 Å². The molecule has 0 atom stereocenters. The molecule has 1 aliphatic rings. The summed E-state index contributed by atoms with van der Waals surface area (Å²) < 4.78 is 43.3. The maximum atomic E-state index is 12.7. The van der Waals surface area contributed by atoms with Crippen molar-refractivity contribution in [2.75, 3.05) is 0 Å². The average molecular weight is 295 g/mol. The monoisotopic (exact) mass is 294 g/mol. The van der Waals surface area contributed by atoms with Crippen molar-refractivity contribution in [1.29, 1.82) is 0 Å². The van der Waals surface area contributed by atoms with Gasteiger partial charge in [0.15, 0.2) is 0 Å². The van der Waals surface area contributed by atoms with Gasteiger partial charge in [0.05, 0.1) is 5.56 Å². The average Bonchev–Trinajstić information content (AvgIpc) is 2.16. The van der Waals surface area contributed by atoms with E-state index >= 15 is 0 Å². The third-order valence-electron chi connectivity index (χ3n) is 2.35. The second-order valence-corrected chi connectivity index (χ2v) is 4.47. The first-order valence-electron chi connectivity index (χ1n) is 4.62. The second-order valence-electron chi connectivity index (χ2n) is 3.55. The lowest BCUT2D eigenvalue weighted by Gasteiger charge is -2.23. The number of aryl methyl sites for hydroxylation is 1. The highest BCUT2D eigenvalue weighted by Gasteiger charge is 2.38. The highest BCUT2D eigenvalue weighted by Crippen LogP contribution is 2.42. The zero-order valence-corrected chi connectivity index (χ0v) is 9.60. The van der Waals surface area contributed by atoms with Crippen LogP contribution in [0.1, 0.15) is 11.1 Å². The standard InChI is InChI=1S/C9H7BBrF3O2/c11-6-3-5-1-2-10(15)16-8(5)7(4-6)9(12,13)14/h3-4,15H,1-2H2. The summed E-state index contributed by atoms with van der Waals surface area (Å²) in [4.78, 5) is 0. The summed E-state index contributed by atoms with van der Waals surface area (Å²) in [6.07, 6.45) is -3.80. The molecule has 7 heteroatoms. The topological polar surface area (TPSA) is 29.5 Å². The molecule has 1 aromatic rings. The van der Waals surface area contributed by atoms with E-state index in [2.05, 4.69) is 15.9 Å². The fourth-order valence-corrected chi connectivity index (χ4v) is 2.16. The van der Waals surface area contributed by atoms with Gasteiger partial charge in [0.1, 0.15) is 5.75 Å². The zero-order valence-electron chi connectivity index (χ0n) is 8.01. The molecule has 0 fully saturated rings. The molecule has 1 heterocycles. The van der Waals surface area contributed by atoms with E-state index in [9.17, 15) is 18.2 Å².